The fourth-order valence-corrected chi connectivity index (χ4v) is 5.22. The average molecular weight is 610 g/mol. The molecule has 4 aromatic rings. The van der Waals surface area contributed by atoms with Crippen molar-refractivity contribution < 1.29 is 27.8 Å². The summed E-state index contributed by atoms with van der Waals surface area (Å²) < 4.78 is 35.6. The van der Waals surface area contributed by atoms with Gasteiger partial charge in [0.15, 0.2) is 0 Å². The third-order valence-corrected chi connectivity index (χ3v) is 7.46. The number of halogens is 3. The monoisotopic (exact) mass is 609 g/mol. The molecule has 1 aliphatic heterocycles. The summed E-state index contributed by atoms with van der Waals surface area (Å²) in [5.41, 5.74) is 9.23. The van der Waals surface area contributed by atoms with Gasteiger partial charge in [0.05, 0.1) is 30.2 Å². The molecule has 0 saturated heterocycles. The molecule has 1 aromatic heterocycles. The number of H-pyrrole nitrogens is 1. The molecule has 0 saturated carbocycles. The quantitative estimate of drug-likeness (QED) is 0.181. The highest BCUT2D eigenvalue weighted by Gasteiger charge is 2.30. The van der Waals surface area contributed by atoms with Crippen molar-refractivity contribution in [1.29, 1.82) is 0 Å². The number of rotatable bonds is 12. The first kappa shape index (κ1) is 30.0. The number of nitrogens with one attached hydrogen (secondary N) is 3. The topological polar surface area (TPSA) is 131 Å². The van der Waals surface area contributed by atoms with Crippen molar-refractivity contribution in [2.45, 2.75) is 44.0 Å². The van der Waals surface area contributed by atoms with Gasteiger partial charge in [-0.05, 0) is 47.9 Å². The van der Waals surface area contributed by atoms with Crippen LogP contribution in [0.15, 0.2) is 79.3 Å². The van der Waals surface area contributed by atoms with E-state index >= 15 is 0 Å². The maximum Gasteiger partial charge on any atom is 0.387 e. The van der Waals surface area contributed by atoms with Gasteiger partial charge in [0.25, 0.3) is 5.91 Å². The second-order valence-corrected chi connectivity index (χ2v) is 10.6. The van der Waals surface area contributed by atoms with Gasteiger partial charge in [0, 0.05) is 35.7 Å². The molecule has 43 heavy (non-hydrogen) atoms. The standard InChI is InChI=1S/C31H30ClF2N5O4/c32-20-8-4-18(5-9-20)15-26(29(35)40)39-30(41)23-3-1-2-22-24(12-13-42-28(22)23)38-25(27-16-36-17-37-27)14-19-6-10-21(11-7-19)43-31(33)34/h1-11,16-17,24-26,31,38H,12-15H2,(H2,35,40)(H,36,37)(H,39,41)/t24?,25?,26-/m0/s1. The number of carbonyl (C=O) groups excluding carboxylic acids is 2. The third-order valence-electron chi connectivity index (χ3n) is 7.21. The van der Waals surface area contributed by atoms with Gasteiger partial charge in [-0.3, -0.25) is 9.59 Å². The van der Waals surface area contributed by atoms with E-state index in [1.807, 2.05) is 6.07 Å². The highest BCUT2D eigenvalue weighted by molar-refractivity contribution is 6.30. The molecule has 3 atom stereocenters. The fraction of sp³-hybridized carbons (Fsp3) is 0.258. The predicted octanol–water partition coefficient (Wildman–Crippen LogP) is 4.89. The SMILES string of the molecule is NC(=O)[C@H](Cc1ccc(Cl)cc1)NC(=O)c1cccc2c1OCCC2NC(Cc1ccc(OC(F)F)cc1)c1cnc[nH]1. The Bertz CT molecular complexity index is 1540. The maximum atomic E-state index is 13.4. The van der Waals surface area contributed by atoms with Crippen molar-refractivity contribution >= 4 is 23.4 Å². The summed E-state index contributed by atoms with van der Waals surface area (Å²) in [6.07, 6.45) is 4.67. The molecule has 1 aliphatic rings. The number of hydrogen-bond donors (Lipinski definition) is 4. The highest BCUT2D eigenvalue weighted by Crippen LogP contribution is 2.37. The predicted molar refractivity (Wildman–Crippen MR) is 156 cm³/mol. The van der Waals surface area contributed by atoms with Crippen LogP contribution in [-0.4, -0.2) is 41.0 Å². The van der Waals surface area contributed by atoms with Gasteiger partial charge in [-0.2, -0.15) is 8.78 Å². The number of fused-ring (bicyclic) bond motifs is 1. The molecule has 0 bridgehead atoms. The molecule has 0 radical (unpaired) electrons. The van der Waals surface area contributed by atoms with E-state index in [4.69, 9.17) is 22.1 Å². The summed E-state index contributed by atoms with van der Waals surface area (Å²) in [6.45, 7) is -2.54. The Morgan fingerprint density at radius 2 is 1.79 bits per heavy atom. The molecule has 2 amide bonds. The molecule has 2 unspecified atom stereocenters. The number of nitrogens with zero attached hydrogens (tertiary/aromatic N) is 1. The van der Waals surface area contributed by atoms with Gasteiger partial charge in [0.1, 0.15) is 17.5 Å². The Balaban J connectivity index is 1.34. The molecule has 3 aromatic carbocycles. The normalized spacial score (nSPS) is 15.7. The second kappa shape index (κ2) is 13.7. The molecule has 9 nitrogen and oxygen atoms in total. The number of carbonyl (C=O) groups is 2. The summed E-state index contributed by atoms with van der Waals surface area (Å²) >= 11 is 5.96. The Kier molecular flexibility index (Phi) is 9.53. The van der Waals surface area contributed by atoms with Crippen LogP contribution in [0.3, 0.4) is 0 Å². The van der Waals surface area contributed by atoms with Crippen LogP contribution in [0.5, 0.6) is 11.5 Å². The Morgan fingerprint density at radius 1 is 1.07 bits per heavy atom. The first-order chi connectivity index (χ1) is 20.8. The second-order valence-electron chi connectivity index (χ2n) is 10.1. The molecule has 12 heteroatoms. The average Bonchev–Trinajstić information content (AvgIpc) is 3.53. The van der Waals surface area contributed by atoms with E-state index in [1.165, 1.54) is 12.1 Å². The number of amides is 2. The summed E-state index contributed by atoms with van der Waals surface area (Å²) in [5, 5.41) is 6.97. The van der Waals surface area contributed by atoms with Crippen LogP contribution in [0, 0.1) is 0 Å². The van der Waals surface area contributed by atoms with E-state index in [-0.39, 0.29) is 24.3 Å². The van der Waals surface area contributed by atoms with Crippen LogP contribution >= 0.6 is 11.6 Å². The van der Waals surface area contributed by atoms with Crippen LogP contribution in [0.25, 0.3) is 0 Å². The number of ether oxygens (including phenoxy) is 2. The largest absolute Gasteiger partial charge is 0.492 e. The third kappa shape index (κ3) is 7.68. The minimum atomic E-state index is -2.89. The molecule has 0 fully saturated rings. The van der Waals surface area contributed by atoms with Crippen molar-refractivity contribution in [2.75, 3.05) is 6.61 Å². The summed E-state index contributed by atoms with van der Waals surface area (Å²) in [5.74, 6) is -0.632. The number of benzene rings is 3. The molecule has 2 heterocycles. The van der Waals surface area contributed by atoms with Gasteiger partial charge < -0.3 is 30.8 Å². The molecule has 0 spiro atoms. The van der Waals surface area contributed by atoms with Gasteiger partial charge >= 0.3 is 6.61 Å². The molecule has 0 aliphatic carbocycles. The van der Waals surface area contributed by atoms with Crippen LogP contribution in [0.4, 0.5) is 8.78 Å². The molecule has 5 N–H and O–H groups in total. The lowest BCUT2D eigenvalue weighted by Crippen LogP contribution is -2.46. The van der Waals surface area contributed by atoms with Crippen LogP contribution in [0.2, 0.25) is 5.02 Å². The van der Waals surface area contributed by atoms with E-state index in [0.29, 0.717) is 35.8 Å². The van der Waals surface area contributed by atoms with E-state index in [9.17, 15) is 18.4 Å². The molecular formula is C31H30ClF2N5O4. The smallest absolute Gasteiger partial charge is 0.387 e. The number of para-hydroxylation sites is 1. The summed E-state index contributed by atoms with van der Waals surface area (Å²) in [4.78, 5) is 32.9. The first-order valence-electron chi connectivity index (χ1n) is 13.6. The highest BCUT2D eigenvalue weighted by atomic mass is 35.5. The number of primary amides is 1. The van der Waals surface area contributed by atoms with E-state index < -0.39 is 24.5 Å². The molecule has 224 valence electrons. The summed E-state index contributed by atoms with van der Waals surface area (Å²) in [6, 6.07) is 17.4. The Morgan fingerprint density at radius 3 is 2.47 bits per heavy atom. The molecule has 5 rings (SSSR count). The van der Waals surface area contributed by atoms with Crippen LogP contribution in [0.1, 0.15) is 51.2 Å². The first-order valence-corrected chi connectivity index (χ1v) is 14.0. The Hall–Kier alpha value is -4.48. The van der Waals surface area contributed by atoms with Crippen LogP contribution in [-0.2, 0) is 17.6 Å². The minimum absolute atomic E-state index is 0.0840. The number of hydrogen-bond acceptors (Lipinski definition) is 6. The lowest BCUT2D eigenvalue weighted by Gasteiger charge is -2.31. The van der Waals surface area contributed by atoms with Crippen molar-refractivity contribution in [3.8, 4) is 11.5 Å². The number of alkyl halides is 2. The maximum absolute atomic E-state index is 13.4. The van der Waals surface area contributed by atoms with Crippen molar-refractivity contribution in [3.63, 3.8) is 0 Å². The zero-order valence-electron chi connectivity index (χ0n) is 22.9. The van der Waals surface area contributed by atoms with Gasteiger partial charge in [-0.25, -0.2) is 4.98 Å². The van der Waals surface area contributed by atoms with E-state index in [2.05, 4.69) is 25.3 Å². The number of aromatic nitrogens is 2. The minimum Gasteiger partial charge on any atom is -0.492 e. The number of imidazole rings is 1. The van der Waals surface area contributed by atoms with E-state index in [1.54, 1.807) is 61.1 Å². The summed E-state index contributed by atoms with van der Waals surface area (Å²) in [7, 11) is 0. The van der Waals surface area contributed by atoms with Gasteiger partial charge in [-0.15, -0.1) is 0 Å². The van der Waals surface area contributed by atoms with Gasteiger partial charge in [-0.1, -0.05) is 48.0 Å². The zero-order valence-corrected chi connectivity index (χ0v) is 23.7. The number of nitrogens with two attached hydrogens (primary N) is 1. The van der Waals surface area contributed by atoms with Crippen LogP contribution < -0.4 is 25.8 Å². The lowest BCUT2D eigenvalue weighted by molar-refractivity contribution is -0.119. The zero-order chi connectivity index (χ0) is 30.3. The molecular weight excluding hydrogens is 580 g/mol. The fourth-order valence-electron chi connectivity index (χ4n) is 5.09. The van der Waals surface area contributed by atoms with Crippen molar-refractivity contribution in [2.24, 2.45) is 5.73 Å². The van der Waals surface area contributed by atoms with E-state index in [0.717, 1.165) is 22.4 Å². The van der Waals surface area contributed by atoms with Crippen molar-refractivity contribution in [1.82, 2.24) is 20.6 Å². The number of aromatic amines is 1. The lowest BCUT2D eigenvalue weighted by atomic mass is 9.94. The van der Waals surface area contributed by atoms with Gasteiger partial charge in [0.2, 0.25) is 5.91 Å². The van der Waals surface area contributed by atoms with Crippen molar-refractivity contribution in [3.05, 3.63) is 112 Å². The Labute approximate surface area is 251 Å².